The Labute approximate surface area is 166 Å². The van der Waals surface area contributed by atoms with Gasteiger partial charge < -0.3 is 9.64 Å². The summed E-state index contributed by atoms with van der Waals surface area (Å²) in [5.74, 6) is 0.815. The minimum atomic E-state index is -4.61. The van der Waals surface area contributed by atoms with Gasteiger partial charge >= 0.3 is 6.18 Å². The Hall–Kier alpha value is -2.81. The van der Waals surface area contributed by atoms with Crippen LogP contribution in [0.2, 0.25) is 0 Å². The van der Waals surface area contributed by atoms with E-state index in [1.165, 1.54) is 6.07 Å². The fourth-order valence-corrected chi connectivity index (χ4v) is 3.38. The van der Waals surface area contributed by atoms with Crippen molar-refractivity contribution in [3.8, 4) is 5.75 Å². The van der Waals surface area contributed by atoms with Gasteiger partial charge in [-0.15, -0.1) is 0 Å². The minimum Gasteiger partial charge on any atom is -0.494 e. The van der Waals surface area contributed by atoms with Crippen molar-refractivity contribution in [2.24, 2.45) is 0 Å². The lowest BCUT2D eigenvalue weighted by molar-refractivity contribution is -0.384. The summed E-state index contributed by atoms with van der Waals surface area (Å²) in [5, 5.41) is 11.3. The topological polar surface area (TPSA) is 58.8 Å². The van der Waals surface area contributed by atoms with Crippen LogP contribution in [-0.4, -0.2) is 42.6 Å². The molecule has 0 atom stereocenters. The number of nitro groups is 1. The highest BCUT2D eigenvalue weighted by atomic mass is 19.4. The Bertz CT molecular complexity index is 848. The molecule has 9 heteroatoms. The number of anilines is 1. The second kappa shape index (κ2) is 8.69. The highest BCUT2D eigenvalue weighted by Crippen LogP contribution is 2.36. The molecule has 1 aliphatic rings. The van der Waals surface area contributed by atoms with Gasteiger partial charge in [0.15, 0.2) is 0 Å². The number of benzene rings is 2. The van der Waals surface area contributed by atoms with Crippen LogP contribution in [0, 0.1) is 10.1 Å². The summed E-state index contributed by atoms with van der Waals surface area (Å²) >= 11 is 0. The summed E-state index contributed by atoms with van der Waals surface area (Å²) in [6, 6.07) is 10.5. The molecule has 0 bridgehead atoms. The zero-order valence-electron chi connectivity index (χ0n) is 16.0. The Morgan fingerprint density at radius 2 is 1.72 bits per heavy atom. The molecule has 156 valence electrons. The van der Waals surface area contributed by atoms with Crippen molar-refractivity contribution < 1.29 is 22.8 Å². The van der Waals surface area contributed by atoms with Gasteiger partial charge in [0, 0.05) is 38.8 Å². The molecule has 2 aromatic carbocycles. The maximum atomic E-state index is 12.9. The zero-order chi connectivity index (χ0) is 21.0. The average Bonchev–Trinajstić information content (AvgIpc) is 2.69. The molecular formula is C20H22F3N3O3. The van der Waals surface area contributed by atoms with E-state index in [1.807, 2.05) is 31.2 Å². The third kappa shape index (κ3) is 5.17. The molecule has 0 saturated carbocycles. The second-order valence-corrected chi connectivity index (χ2v) is 6.80. The quantitative estimate of drug-likeness (QED) is 0.525. The van der Waals surface area contributed by atoms with Crippen molar-refractivity contribution in [2.45, 2.75) is 19.6 Å². The molecule has 2 aromatic rings. The third-order valence-corrected chi connectivity index (χ3v) is 4.85. The SMILES string of the molecule is CCOc1ccc(CN2CCN(c3ccc(C(F)(F)F)cc3[N+](=O)[O-])CC2)cc1. The maximum Gasteiger partial charge on any atom is 0.416 e. The van der Waals surface area contributed by atoms with Crippen molar-refractivity contribution in [1.29, 1.82) is 0 Å². The fraction of sp³-hybridized carbons (Fsp3) is 0.400. The predicted octanol–water partition coefficient (Wildman–Crippen LogP) is 4.33. The molecule has 29 heavy (non-hydrogen) atoms. The van der Waals surface area contributed by atoms with E-state index in [4.69, 9.17) is 4.74 Å². The molecule has 1 fully saturated rings. The molecule has 3 rings (SSSR count). The number of nitro benzene ring substituents is 1. The van der Waals surface area contributed by atoms with Gasteiger partial charge in [0.1, 0.15) is 11.4 Å². The van der Waals surface area contributed by atoms with E-state index in [0.717, 1.165) is 23.9 Å². The van der Waals surface area contributed by atoms with Crippen molar-refractivity contribution >= 4 is 11.4 Å². The van der Waals surface area contributed by atoms with E-state index in [9.17, 15) is 23.3 Å². The van der Waals surface area contributed by atoms with Crippen LogP contribution in [0.5, 0.6) is 5.75 Å². The standard InChI is InChI=1S/C20H22F3N3O3/c1-2-29-17-6-3-15(4-7-17)14-24-9-11-25(12-10-24)18-8-5-16(20(21,22)23)13-19(18)26(27)28/h3-8,13H,2,9-12,14H2,1H3. The molecule has 0 N–H and O–H groups in total. The molecule has 1 heterocycles. The first-order valence-corrected chi connectivity index (χ1v) is 9.32. The number of hydrogen-bond donors (Lipinski definition) is 0. The van der Waals surface area contributed by atoms with E-state index in [1.54, 1.807) is 4.90 Å². The molecule has 0 amide bonds. The lowest BCUT2D eigenvalue weighted by Gasteiger charge is -2.36. The summed E-state index contributed by atoms with van der Waals surface area (Å²) in [6.45, 7) is 5.59. The highest BCUT2D eigenvalue weighted by Gasteiger charge is 2.34. The Balaban J connectivity index is 1.65. The molecule has 0 radical (unpaired) electrons. The van der Waals surface area contributed by atoms with Crippen molar-refractivity contribution in [3.63, 3.8) is 0 Å². The fourth-order valence-electron chi connectivity index (χ4n) is 3.38. The second-order valence-electron chi connectivity index (χ2n) is 6.80. The summed E-state index contributed by atoms with van der Waals surface area (Å²) in [6.07, 6.45) is -4.61. The molecule has 1 aliphatic heterocycles. The smallest absolute Gasteiger partial charge is 0.416 e. The van der Waals surface area contributed by atoms with Crippen LogP contribution >= 0.6 is 0 Å². The van der Waals surface area contributed by atoms with Gasteiger partial charge in [-0.25, -0.2) is 0 Å². The number of piperazine rings is 1. The van der Waals surface area contributed by atoms with Gasteiger partial charge in [-0.3, -0.25) is 15.0 Å². The molecule has 0 spiro atoms. The van der Waals surface area contributed by atoms with E-state index < -0.39 is 22.4 Å². The normalized spacial score (nSPS) is 15.4. The van der Waals surface area contributed by atoms with Crippen molar-refractivity contribution in [2.75, 3.05) is 37.7 Å². The first-order chi connectivity index (χ1) is 13.8. The minimum absolute atomic E-state index is 0.226. The number of alkyl halides is 3. The van der Waals surface area contributed by atoms with E-state index in [0.29, 0.717) is 38.9 Å². The van der Waals surface area contributed by atoms with Crippen LogP contribution in [0.4, 0.5) is 24.5 Å². The third-order valence-electron chi connectivity index (χ3n) is 4.85. The lowest BCUT2D eigenvalue weighted by Crippen LogP contribution is -2.46. The number of ether oxygens (including phenoxy) is 1. The molecule has 0 unspecified atom stereocenters. The van der Waals surface area contributed by atoms with Crippen LogP contribution in [0.3, 0.4) is 0 Å². The van der Waals surface area contributed by atoms with E-state index >= 15 is 0 Å². The predicted molar refractivity (Wildman–Crippen MR) is 103 cm³/mol. The Kier molecular flexibility index (Phi) is 6.26. The van der Waals surface area contributed by atoms with Gasteiger partial charge in [0.2, 0.25) is 0 Å². The largest absolute Gasteiger partial charge is 0.494 e. The summed E-state index contributed by atoms with van der Waals surface area (Å²) < 4.78 is 44.1. The van der Waals surface area contributed by atoms with Crippen LogP contribution < -0.4 is 9.64 Å². The monoisotopic (exact) mass is 409 g/mol. The first kappa shape index (κ1) is 20.9. The zero-order valence-corrected chi connectivity index (χ0v) is 16.0. The van der Waals surface area contributed by atoms with Crippen LogP contribution in [0.15, 0.2) is 42.5 Å². The Morgan fingerprint density at radius 1 is 1.07 bits per heavy atom. The number of hydrogen-bond acceptors (Lipinski definition) is 5. The number of nitrogens with zero attached hydrogens (tertiary/aromatic N) is 3. The van der Waals surface area contributed by atoms with Crippen molar-refractivity contribution in [3.05, 3.63) is 63.7 Å². The number of halogens is 3. The van der Waals surface area contributed by atoms with Gasteiger partial charge in [-0.05, 0) is 36.8 Å². The van der Waals surface area contributed by atoms with Gasteiger partial charge in [0.05, 0.1) is 17.1 Å². The van der Waals surface area contributed by atoms with Gasteiger partial charge in [-0.1, -0.05) is 12.1 Å². The van der Waals surface area contributed by atoms with Gasteiger partial charge in [0.25, 0.3) is 5.69 Å². The molecule has 6 nitrogen and oxygen atoms in total. The van der Waals surface area contributed by atoms with Crippen LogP contribution in [-0.2, 0) is 12.7 Å². The van der Waals surface area contributed by atoms with E-state index in [2.05, 4.69) is 4.90 Å². The molecular weight excluding hydrogens is 387 g/mol. The number of rotatable bonds is 6. The highest BCUT2D eigenvalue weighted by molar-refractivity contribution is 5.65. The lowest BCUT2D eigenvalue weighted by atomic mass is 10.1. The summed E-state index contributed by atoms with van der Waals surface area (Å²) in [4.78, 5) is 14.5. The first-order valence-electron chi connectivity index (χ1n) is 9.32. The molecule has 1 saturated heterocycles. The van der Waals surface area contributed by atoms with Gasteiger partial charge in [-0.2, -0.15) is 13.2 Å². The van der Waals surface area contributed by atoms with Crippen LogP contribution in [0.1, 0.15) is 18.1 Å². The maximum absolute atomic E-state index is 12.9. The molecule has 0 aliphatic carbocycles. The average molecular weight is 409 g/mol. The van der Waals surface area contributed by atoms with E-state index in [-0.39, 0.29) is 5.69 Å². The molecule has 0 aromatic heterocycles. The summed E-state index contributed by atoms with van der Waals surface area (Å²) in [5.41, 5.74) is -0.173. The summed E-state index contributed by atoms with van der Waals surface area (Å²) in [7, 11) is 0. The van der Waals surface area contributed by atoms with Crippen molar-refractivity contribution in [1.82, 2.24) is 4.90 Å². The Morgan fingerprint density at radius 3 is 2.28 bits per heavy atom. The van der Waals surface area contributed by atoms with Crippen LogP contribution in [0.25, 0.3) is 0 Å².